The molecule has 0 radical (unpaired) electrons. The molecule has 1 amide bonds. The van der Waals surface area contributed by atoms with Crippen LogP contribution >= 0.6 is 11.3 Å². The number of rotatable bonds is 4. The van der Waals surface area contributed by atoms with Gasteiger partial charge in [-0.2, -0.15) is 5.26 Å². The van der Waals surface area contributed by atoms with E-state index in [1.807, 2.05) is 32.0 Å². The van der Waals surface area contributed by atoms with Gasteiger partial charge in [0.15, 0.2) is 11.5 Å². The molecule has 122 valence electrons. The molecule has 3 rings (SSSR count). The molecule has 2 heterocycles. The lowest BCUT2D eigenvalue weighted by molar-refractivity contribution is -0.111. The van der Waals surface area contributed by atoms with E-state index in [0.29, 0.717) is 22.1 Å². The number of benzene rings is 1. The van der Waals surface area contributed by atoms with E-state index in [4.69, 9.17) is 9.47 Å². The van der Waals surface area contributed by atoms with Gasteiger partial charge in [0, 0.05) is 11.0 Å². The van der Waals surface area contributed by atoms with Crippen molar-refractivity contribution in [2.75, 3.05) is 12.1 Å². The molecule has 5 nitrogen and oxygen atoms in total. The lowest BCUT2D eigenvalue weighted by Gasteiger charge is -2.00. The number of aryl methyl sites for hydroxylation is 1. The van der Waals surface area contributed by atoms with Crippen LogP contribution in [0.2, 0.25) is 0 Å². The van der Waals surface area contributed by atoms with Crippen molar-refractivity contribution in [3.05, 3.63) is 45.8 Å². The van der Waals surface area contributed by atoms with Gasteiger partial charge in [0.25, 0.3) is 0 Å². The summed E-state index contributed by atoms with van der Waals surface area (Å²) in [7, 11) is 0. The second kappa shape index (κ2) is 6.77. The molecule has 0 unspecified atom stereocenters. The first-order chi connectivity index (χ1) is 11.6. The average Bonchev–Trinajstić information content (AvgIpc) is 3.15. The first kappa shape index (κ1) is 16.1. The van der Waals surface area contributed by atoms with Gasteiger partial charge < -0.3 is 14.8 Å². The molecular formula is C18H16N2O3S. The lowest BCUT2D eigenvalue weighted by atomic mass is 10.1. The van der Waals surface area contributed by atoms with Crippen molar-refractivity contribution in [2.45, 2.75) is 20.3 Å². The number of carbonyl (C=O) groups excluding carboxylic acids is 1. The zero-order chi connectivity index (χ0) is 17.1. The van der Waals surface area contributed by atoms with E-state index in [1.54, 1.807) is 6.08 Å². The maximum absolute atomic E-state index is 12.1. The molecule has 0 saturated carbocycles. The summed E-state index contributed by atoms with van der Waals surface area (Å²) in [5.74, 6) is 1.11. The Morgan fingerprint density at radius 1 is 1.42 bits per heavy atom. The predicted octanol–water partition coefficient (Wildman–Crippen LogP) is 3.87. The van der Waals surface area contributed by atoms with Crippen LogP contribution in [-0.2, 0) is 11.2 Å². The summed E-state index contributed by atoms with van der Waals surface area (Å²) in [6, 6.07) is 7.66. The summed E-state index contributed by atoms with van der Waals surface area (Å²) in [6.07, 6.45) is 3.91. The number of anilines is 1. The van der Waals surface area contributed by atoms with E-state index >= 15 is 0 Å². The first-order valence-corrected chi connectivity index (χ1v) is 8.35. The second-order valence-corrected chi connectivity index (χ2v) is 6.47. The normalized spacial score (nSPS) is 12.4. The second-order valence-electron chi connectivity index (χ2n) is 5.24. The number of hydrogen-bond donors (Lipinski definition) is 1. The molecule has 0 saturated heterocycles. The van der Waals surface area contributed by atoms with Crippen LogP contribution < -0.4 is 14.8 Å². The van der Waals surface area contributed by atoms with Crippen LogP contribution in [0.25, 0.3) is 6.08 Å². The average molecular weight is 340 g/mol. The summed E-state index contributed by atoms with van der Waals surface area (Å²) in [6.45, 7) is 4.18. The third-order valence-electron chi connectivity index (χ3n) is 3.73. The zero-order valence-electron chi connectivity index (χ0n) is 13.4. The molecule has 1 N–H and O–H groups in total. The van der Waals surface area contributed by atoms with Crippen LogP contribution in [0, 0.1) is 18.3 Å². The number of hydrogen-bond acceptors (Lipinski definition) is 5. The Bertz CT molecular complexity index is 862. The molecule has 0 bridgehead atoms. The SMILES string of the molecule is CCc1c(C)sc(NC(=O)C=Cc2ccc3c(c2)OCO3)c1C#N. The standard InChI is InChI=1S/C18H16N2O3S/c1-3-13-11(2)24-18(14(13)9-19)20-17(21)7-5-12-4-6-15-16(8-12)23-10-22-15/h4-8H,3,10H2,1-2H3,(H,20,21). The summed E-state index contributed by atoms with van der Waals surface area (Å²) >= 11 is 1.43. The number of nitriles is 1. The maximum Gasteiger partial charge on any atom is 0.249 e. The fourth-order valence-corrected chi connectivity index (χ4v) is 3.65. The Kier molecular flexibility index (Phi) is 4.54. The number of carbonyl (C=O) groups is 1. The van der Waals surface area contributed by atoms with E-state index in [2.05, 4.69) is 11.4 Å². The topological polar surface area (TPSA) is 71.3 Å². The Hall–Kier alpha value is -2.78. The van der Waals surface area contributed by atoms with Crippen LogP contribution in [0.4, 0.5) is 5.00 Å². The minimum atomic E-state index is -0.270. The van der Waals surface area contributed by atoms with Crippen molar-refractivity contribution >= 4 is 28.3 Å². The molecule has 24 heavy (non-hydrogen) atoms. The maximum atomic E-state index is 12.1. The largest absolute Gasteiger partial charge is 0.454 e. The van der Waals surface area contributed by atoms with E-state index in [-0.39, 0.29) is 12.7 Å². The van der Waals surface area contributed by atoms with Crippen LogP contribution in [0.1, 0.15) is 28.5 Å². The quantitative estimate of drug-likeness (QED) is 0.858. The van der Waals surface area contributed by atoms with Crippen LogP contribution in [0.15, 0.2) is 24.3 Å². The van der Waals surface area contributed by atoms with E-state index in [0.717, 1.165) is 22.4 Å². The van der Waals surface area contributed by atoms with Crippen LogP contribution in [-0.4, -0.2) is 12.7 Å². The minimum absolute atomic E-state index is 0.220. The van der Waals surface area contributed by atoms with Gasteiger partial charge in [-0.1, -0.05) is 13.0 Å². The van der Waals surface area contributed by atoms with Gasteiger partial charge in [-0.25, -0.2) is 0 Å². The smallest absolute Gasteiger partial charge is 0.249 e. The fraction of sp³-hybridized carbons (Fsp3) is 0.222. The van der Waals surface area contributed by atoms with Gasteiger partial charge >= 0.3 is 0 Å². The molecule has 0 spiro atoms. The Balaban J connectivity index is 1.73. The molecule has 1 aromatic heterocycles. The van der Waals surface area contributed by atoms with Gasteiger partial charge in [0.2, 0.25) is 12.7 Å². The third-order valence-corrected chi connectivity index (χ3v) is 4.80. The number of fused-ring (bicyclic) bond motifs is 1. The summed E-state index contributed by atoms with van der Waals surface area (Å²) in [4.78, 5) is 13.2. The number of nitrogens with one attached hydrogen (secondary N) is 1. The summed E-state index contributed by atoms with van der Waals surface area (Å²) in [5, 5.41) is 12.7. The highest BCUT2D eigenvalue weighted by Crippen LogP contribution is 2.34. The van der Waals surface area contributed by atoms with Crippen molar-refractivity contribution in [3.8, 4) is 17.6 Å². The van der Waals surface area contributed by atoms with Crippen LogP contribution in [0.5, 0.6) is 11.5 Å². The molecule has 6 heteroatoms. The first-order valence-electron chi connectivity index (χ1n) is 7.53. The van der Waals surface area contributed by atoms with Gasteiger partial charge in [0.05, 0.1) is 5.56 Å². The number of nitrogens with zero attached hydrogens (tertiary/aromatic N) is 1. The molecule has 0 aliphatic carbocycles. The molecule has 1 aromatic carbocycles. The zero-order valence-corrected chi connectivity index (χ0v) is 14.2. The van der Waals surface area contributed by atoms with Gasteiger partial charge in [-0.3, -0.25) is 4.79 Å². The van der Waals surface area contributed by atoms with Gasteiger partial charge in [-0.15, -0.1) is 11.3 Å². The summed E-state index contributed by atoms with van der Waals surface area (Å²) in [5.41, 5.74) is 2.40. The van der Waals surface area contributed by atoms with E-state index < -0.39 is 0 Å². The van der Waals surface area contributed by atoms with Crippen molar-refractivity contribution in [3.63, 3.8) is 0 Å². The molecule has 0 fully saturated rings. The monoisotopic (exact) mass is 340 g/mol. The van der Waals surface area contributed by atoms with Gasteiger partial charge in [0.1, 0.15) is 11.1 Å². The third kappa shape index (κ3) is 3.12. The molecule has 1 aliphatic heterocycles. The highest BCUT2D eigenvalue weighted by molar-refractivity contribution is 7.16. The molecule has 1 aliphatic rings. The highest BCUT2D eigenvalue weighted by Gasteiger charge is 2.15. The number of ether oxygens (including phenoxy) is 2. The number of amides is 1. The molecule has 2 aromatic rings. The fourth-order valence-electron chi connectivity index (χ4n) is 2.55. The highest BCUT2D eigenvalue weighted by atomic mass is 32.1. The Labute approximate surface area is 144 Å². The lowest BCUT2D eigenvalue weighted by Crippen LogP contribution is -2.07. The van der Waals surface area contributed by atoms with Crippen molar-refractivity contribution in [1.29, 1.82) is 5.26 Å². The van der Waals surface area contributed by atoms with E-state index in [1.165, 1.54) is 17.4 Å². The van der Waals surface area contributed by atoms with Crippen molar-refractivity contribution in [1.82, 2.24) is 0 Å². The Morgan fingerprint density at radius 3 is 2.96 bits per heavy atom. The number of thiophene rings is 1. The van der Waals surface area contributed by atoms with Crippen LogP contribution in [0.3, 0.4) is 0 Å². The Morgan fingerprint density at radius 2 is 2.21 bits per heavy atom. The minimum Gasteiger partial charge on any atom is -0.454 e. The van der Waals surface area contributed by atoms with Crippen molar-refractivity contribution < 1.29 is 14.3 Å². The summed E-state index contributed by atoms with van der Waals surface area (Å²) < 4.78 is 10.6. The van der Waals surface area contributed by atoms with E-state index in [9.17, 15) is 10.1 Å². The van der Waals surface area contributed by atoms with Crippen molar-refractivity contribution in [2.24, 2.45) is 0 Å². The van der Waals surface area contributed by atoms with Gasteiger partial charge in [-0.05, 0) is 42.7 Å². The predicted molar refractivity (Wildman–Crippen MR) is 93.4 cm³/mol. The molecule has 0 atom stereocenters. The molecular weight excluding hydrogens is 324 g/mol.